The topological polar surface area (TPSA) is 115 Å². The monoisotopic (exact) mass is 345 g/mol. The van der Waals surface area contributed by atoms with Gasteiger partial charge in [0.1, 0.15) is 6.04 Å². The number of hydrogen-bond acceptors (Lipinski definition) is 5. The van der Waals surface area contributed by atoms with Crippen molar-refractivity contribution in [2.24, 2.45) is 5.11 Å². The van der Waals surface area contributed by atoms with Crippen molar-refractivity contribution < 1.29 is 14.4 Å². The molecule has 1 saturated heterocycles. The molecule has 1 atom stereocenters. The average molecular weight is 345 g/mol. The fourth-order valence-corrected chi connectivity index (χ4v) is 3.85. The SMILES string of the molecule is [N-]=[N+]=NCCSc1cccc2c1CN(C1CCC(=O)NC1=O)C2=O. The third kappa shape index (κ3) is 3.08. The van der Waals surface area contributed by atoms with Crippen molar-refractivity contribution in [3.05, 3.63) is 39.8 Å². The minimum absolute atomic E-state index is 0.183. The van der Waals surface area contributed by atoms with Crippen molar-refractivity contribution in [2.45, 2.75) is 30.3 Å². The van der Waals surface area contributed by atoms with Gasteiger partial charge in [-0.05, 0) is 29.6 Å². The van der Waals surface area contributed by atoms with Crippen molar-refractivity contribution in [1.29, 1.82) is 0 Å². The molecule has 2 heterocycles. The highest BCUT2D eigenvalue weighted by atomic mass is 32.2. The number of amides is 3. The number of rotatable bonds is 5. The zero-order valence-electron chi connectivity index (χ0n) is 12.8. The largest absolute Gasteiger partial charge is 0.322 e. The van der Waals surface area contributed by atoms with Crippen LogP contribution in [0, 0.1) is 0 Å². The molecule has 0 spiro atoms. The number of azide groups is 1. The number of benzene rings is 1. The summed E-state index contributed by atoms with van der Waals surface area (Å²) in [5, 5.41) is 5.79. The molecule has 8 nitrogen and oxygen atoms in total. The van der Waals surface area contributed by atoms with Gasteiger partial charge in [-0.3, -0.25) is 19.7 Å². The van der Waals surface area contributed by atoms with Crippen LogP contribution in [0.2, 0.25) is 0 Å². The fourth-order valence-electron chi connectivity index (χ4n) is 2.93. The lowest BCUT2D eigenvalue weighted by atomic mass is 10.0. The molecule has 9 heteroatoms. The maximum Gasteiger partial charge on any atom is 0.255 e. The van der Waals surface area contributed by atoms with E-state index in [0.717, 1.165) is 10.5 Å². The Balaban J connectivity index is 1.78. The van der Waals surface area contributed by atoms with Crippen LogP contribution < -0.4 is 5.32 Å². The third-order valence-corrected chi connectivity index (χ3v) is 5.13. The summed E-state index contributed by atoms with van der Waals surface area (Å²) < 4.78 is 0. The van der Waals surface area contributed by atoms with Crippen LogP contribution in [0.15, 0.2) is 28.2 Å². The third-order valence-electron chi connectivity index (χ3n) is 4.05. The Kier molecular flexibility index (Phi) is 4.73. The Bertz CT molecular complexity index is 759. The Hall–Kier alpha value is -2.51. The molecule has 2 aliphatic heterocycles. The summed E-state index contributed by atoms with van der Waals surface area (Å²) in [6, 6.07) is 4.87. The Morgan fingerprint density at radius 2 is 2.21 bits per heavy atom. The molecule has 1 aromatic rings. The van der Waals surface area contributed by atoms with Crippen LogP contribution in [0.4, 0.5) is 0 Å². The van der Waals surface area contributed by atoms with E-state index in [1.165, 1.54) is 16.7 Å². The second-order valence-corrected chi connectivity index (χ2v) is 6.62. The number of nitrogens with one attached hydrogen (secondary N) is 1. The molecule has 0 saturated carbocycles. The smallest absolute Gasteiger partial charge is 0.255 e. The van der Waals surface area contributed by atoms with Crippen LogP contribution in [-0.2, 0) is 16.1 Å². The van der Waals surface area contributed by atoms with Crippen LogP contribution in [0.3, 0.4) is 0 Å². The number of nitrogens with zero attached hydrogens (tertiary/aromatic N) is 4. The lowest BCUT2D eigenvalue weighted by Gasteiger charge is -2.29. The van der Waals surface area contributed by atoms with Gasteiger partial charge >= 0.3 is 0 Å². The number of piperidine rings is 1. The summed E-state index contributed by atoms with van der Waals surface area (Å²) in [5.41, 5.74) is 9.79. The van der Waals surface area contributed by atoms with Crippen molar-refractivity contribution in [2.75, 3.05) is 12.3 Å². The quantitative estimate of drug-likeness (QED) is 0.219. The molecule has 0 aliphatic carbocycles. The maximum absolute atomic E-state index is 12.6. The second kappa shape index (κ2) is 6.94. The first-order chi connectivity index (χ1) is 11.6. The molecular weight excluding hydrogens is 330 g/mol. The normalized spacial score (nSPS) is 19.8. The van der Waals surface area contributed by atoms with E-state index < -0.39 is 11.9 Å². The highest BCUT2D eigenvalue weighted by Crippen LogP contribution is 2.34. The lowest BCUT2D eigenvalue weighted by Crippen LogP contribution is -2.52. The molecule has 124 valence electrons. The van der Waals surface area contributed by atoms with Gasteiger partial charge in [0.25, 0.3) is 5.91 Å². The molecule has 1 fully saturated rings. The van der Waals surface area contributed by atoms with Gasteiger partial charge in [0.2, 0.25) is 11.8 Å². The van der Waals surface area contributed by atoms with E-state index in [4.69, 9.17) is 5.53 Å². The molecule has 24 heavy (non-hydrogen) atoms. The molecule has 2 aliphatic rings. The van der Waals surface area contributed by atoms with E-state index in [9.17, 15) is 14.4 Å². The summed E-state index contributed by atoms with van der Waals surface area (Å²) in [4.78, 5) is 41.2. The van der Waals surface area contributed by atoms with Crippen molar-refractivity contribution in [3.63, 3.8) is 0 Å². The molecule has 3 rings (SSSR count). The molecular formula is C15H15N5O3S. The number of hydrogen-bond donors (Lipinski definition) is 1. The number of imide groups is 1. The van der Waals surface area contributed by atoms with Crippen LogP contribution in [-0.4, -0.2) is 41.0 Å². The molecule has 0 bridgehead atoms. The van der Waals surface area contributed by atoms with Gasteiger partial charge < -0.3 is 4.90 Å². The lowest BCUT2D eigenvalue weighted by molar-refractivity contribution is -0.136. The van der Waals surface area contributed by atoms with Gasteiger partial charge in [-0.1, -0.05) is 11.2 Å². The second-order valence-electron chi connectivity index (χ2n) is 5.49. The van der Waals surface area contributed by atoms with E-state index in [1.54, 1.807) is 12.1 Å². The number of carbonyl (C=O) groups excluding carboxylic acids is 3. The average Bonchev–Trinajstić information content (AvgIpc) is 2.89. The first kappa shape index (κ1) is 16.4. The van der Waals surface area contributed by atoms with Gasteiger partial charge in [-0.15, -0.1) is 11.8 Å². The van der Waals surface area contributed by atoms with Crippen LogP contribution in [0.25, 0.3) is 10.4 Å². The van der Waals surface area contributed by atoms with Gasteiger partial charge in [0.15, 0.2) is 0 Å². The van der Waals surface area contributed by atoms with E-state index >= 15 is 0 Å². The number of thioether (sulfide) groups is 1. The highest BCUT2D eigenvalue weighted by Gasteiger charge is 2.39. The summed E-state index contributed by atoms with van der Waals surface area (Å²) in [6.07, 6.45) is 0.591. The Morgan fingerprint density at radius 1 is 1.38 bits per heavy atom. The van der Waals surface area contributed by atoms with Crippen LogP contribution in [0.5, 0.6) is 0 Å². The van der Waals surface area contributed by atoms with Gasteiger partial charge in [-0.2, -0.15) is 0 Å². The Morgan fingerprint density at radius 3 is 2.96 bits per heavy atom. The van der Waals surface area contributed by atoms with Crippen molar-refractivity contribution >= 4 is 29.5 Å². The number of fused-ring (bicyclic) bond motifs is 1. The first-order valence-electron chi connectivity index (χ1n) is 7.52. The minimum Gasteiger partial charge on any atom is -0.322 e. The van der Waals surface area contributed by atoms with Gasteiger partial charge in [-0.25, -0.2) is 0 Å². The molecule has 3 amide bonds. The predicted molar refractivity (Wildman–Crippen MR) is 87.2 cm³/mol. The van der Waals surface area contributed by atoms with E-state index in [-0.39, 0.29) is 18.2 Å². The summed E-state index contributed by atoms with van der Waals surface area (Å²) in [5.74, 6) is -0.274. The fraction of sp³-hybridized carbons (Fsp3) is 0.400. The first-order valence-corrected chi connectivity index (χ1v) is 8.50. The molecule has 0 aromatic heterocycles. The maximum atomic E-state index is 12.6. The summed E-state index contributed by atoms with van der Waals surface area (Å²) >= 11 is 1.52. The Labute approximate surface area is 142 Å². The summed E-state index contributed by atoms with van der Waals surface area (Å²) in [7, 11) is 0. The van der Waals surface area contributed by atoms with Crippen LogP contribution >= 0.6 is 11.8 Å². The molecule has 1 unspecified atom stereocenters. The van der Waals surface area contributed by atoms with E-state index in [2.05, 4.69) is 15.3 Å². The number of carbonyl (C=O) groups is 3. The van der Waals surface area contributed by atoms with E-state index in [1.807, 2.05) is 6.07 Å². The molecule has 1 aromatic carbocycles. The minimum atomic E-state index is -0.608. The standard InChI is InChI=1S/C15H15N5O3S/c16-19-17-6-7-24-12-3-1-2-9-10(12)8-20(15(9)23)11-4-5-13(21)18-14(11)22/h1-3,11H,4-8H2,(H,18,21,22). The van der Waals surface area contributed by atoms with Crippen molar-refractivity contribution in [3.8, 4) is 0 Å². The molecule has 1 N–H and O–H groups in total. The predicted octanol–water partition coefficient (Wildman–Crippen LogP) is 1.85. The zero-order valence-corrected chi connectivity index (χ0v) is 13.6. The van der Waals surface area contributed by atoms with Crippen molar-refractivity contribution in [1.82, 2.24) is 10.2 Å². The van der Waals surface area contributed by atoms with Gasteiger partial charge in [0.05, 0.1) is 0 Å². The van der Waals surface area contributed by atoms with Gasteiger partial charge in [0, 0.05) is 40.6 Å². The molecule has 0 radical (unpaired) electrons. The van der Waals surface area contributed by atoms with Crippen LogP contribution in [0.1, 0.15) is 28.8 Å². The summed E-state index contributed by atoms with van der Waals surface area (Å²) in [6.45, 7) is 0.723. The van der Waals surface area contributed by atoms with E-state index in [0.29, 0.717) is 30.8 Å². The highest BCUT2D eigenvalue weighted by molar-refractivity contribution is 7.99. The zero-order chi connectivity index (χ0) is 17.1.